The molecular weight excluding hydrogens is 413 g/mol. The average molecular weight is 436 g/mol. The van der Waals surface area contributed by atoms with Gasteiger partial charge in [0.2, 0.25) is 15.9 Å². The summed E-state index contributed by atoms with van der Waals surface area (Å²) in [4.78, 5) is 18.4. The fourth-order valence-electron chi connectivity index (χ4n) is 2.97. The molecule has 29 heavy (non-hydrogen) atoms. The zero-order chi connectivity index (χ0) is 21.2. The number of halogens is 1. The number of carbonyl (C=O) groups excluding carboxylic acids is 1. The van der Waals surface area contributed by atoms with Crippen LogP contribution in [-0.2, 0) is 21.2 Å². The number of carbonyl (C=O) groups is 1. The van der Waals surface area contributed by atoms with Gasteiger partial charge in [-0.2, -0.15) is 0 Å². The molecular formula is C20H22FN3O3S2. The van der Waals surface area contributed by atoms with Crippen LogP contribution in [0.4, 0.5) is 4.39 Å². The molecule has 0 saturated heterocycles. The zero-order valence-electron chi connectivity index (χ0n) is 16.3. The van der Waals surface area contributed by atoms with E-state index in [0.29, 0.717) is 10.7 Å². The van der Waals surface area contributed by atoms with Crippen LogP contribution in [-0.4, -0.2) is 49.1 Å². The van der Waals surface area contributed by atoms with Gasteiger partial charge >= 0.3 is 0 Å². The third-order valence-electron chi connectivity index (χ3n) is 4.68. The van der Waals surface area contributed by atoms with Crippen molar-refractivity contribution in [1.29, 1.82) is 0 Å². The molecule has 0 aromatic heterocycles. The number of thioether (sulfide) groups is 1. The predicted octanol–water partition coefficient (Wildman–Crippen LogP) is 2.86. The number of sulfonamides is 1. The molecule has 2 unspecified atom stereocenters. The largest absolute Gasteiger partial charge is 0.294 e. The topological polar surface area (TPSA) is 78.8 Å². The molecule has 0 fully saturated rings. The molecule has 1 aliphatic heterocycles. The summed E-state index contributed by atoms with van der Waals surface area (Å²) in [7, 11) is -0.555. The first-order chi connectivity index (χ1) is 13.7. The number of hydrogen-bond acceptors (Lipinski definition) is 5. The highest BCUT2D eigenvalue weighted by Gasteiger charge is 2.38. The Bertz CT molecular complexity index is 1040. The van der Waals surface area contributed by atoms with Gasteiger partial charge in [-0.3, -0.25) is 14.7 Å². The minimum Gasteiger partial charge on any atom is -0.294 e. The molecule has 1 amide bonds. The summed E-state index contributed by atoms with van der Waals surface area (Å²) in [5.74, 6) is -0.503. The number of nitrogens with zero attached hydrogens (tertiary/aromatic N) is 2. The molecule has 0 bridgehead atoms. The summed E-state index contributed by atoms with van der Waals surface area (Å²) < 4.78 is 39.6. The van der Waals surface area contributed by atoms with Crippen LogP contribution in [0.5, 0.6) is 0 Å². The molecule has 0 aliphatic carbocycles. The Hall–Kier alpha value is -2.23. The molecule has 1 heterocycles. The molecule has 3 rings (SSSR count). The number of benzene rings is 2. The molecule has 0 saturated carbocycles. The Kier molecular flexibility index (Phi) is 6.40. The maximum atomic E-state index is 13.9. The van der Waals surface area contributed by atoms with Gasteiger partial charge in [0.15, 0.2) is 9.75 Å². The van der Waals surface area contributed by atoms with Crippen LogP contribution in [0.2, 0.25) is 0 Å². The fraction of sp³-hybridized carbons (Fsp3) is 0.300. The lowest BCUT2D eigenvalue weighted by atomic mass is 10.0. The van der Waals surface area contributed by atoms with Crippen LogP contribution in [0, 0.1) is 5.82 Å². The quantitative estimate of drug-likeness (QED) is 0.783. The fourth-order valence-corrected chi connectivity index (χ4v) is 5.79. The van der Waals surface area contributed by atoms with Crippen LogP contribution < -0.4 is 4.72 Å². The van der Waals surface area contributed by atoms with Crippen LogP contribution in [0.15, 0.2) is 53.5 Å². The van der Waals surface area contributed by atoms with E-state index in [1.807, 2.05) is 0 Å². The molecule has 2 aromatic rings. The number of likely N-dealkylation sites (N-methyl/N-ethyl adjacent to an activating group) is 1. The maximum absolute atomic E-state index is 13.9. The van der Waals surface area contributed by atoms with Gasteiger partial charge in [-0.05, 0) is 31.2 Å². The Morgan fingerprint density at radius 1 is 1.21 bits per heavy atom. The van der Waals surface area contributed by atoms with Gasteiger partial charge in [-0.1, -0.05) is 54.2 Å². The number of nitrogens with one attached hydrogen (secondary N) is 1. The van der Waals surface area contributed by atoms with Crippen molar-refractivity contribution in [3.05, 3.63) is 59.9 Å². The number of aliphatic imine (C=N–C) groups is 1. The van der Waals surface area contributed by atoms with Gasteiger partial charge in [-0.15, -0.1) is 0 Å². The molecule has 1 aliphatic rings. The van der Waals surface area contributed by atoms with Crippen molar-refractivity contribution in [1.82, 2.24) is 9.62 Å². The molecule has 1 N–H and O–H groups in total. The molecule has 2 aromatic carbocycles. The highest BCUT2D eigenvalue weighted by Crippen LogP contribution is 2.32. The Morgan fingerprint density at radius 2 is 1.86 bits per heavy atom. The van der Waals surface area contributed by atoms with E-state index in [9.17, 15) is 17.6 Å². The normalized spacial score (nSPS) is 19.1. The Labute approximate surface area is 174 Å². The van der Waals surface area contributed by atoms with E-state index in [0.717, 1.165) is 22.9 Å². The lowest BCUT2D eigenvalue weighted by molar-refractivity contribution is -0.125. The highest BCUT2D eigenvalue weighted by atomic mass is 32.3. The number of hydrogen-bond donors (Lipinski definition) is 1. The minimum absolute atomic E-state index is 0.130. The first-order valence-electron chi connectivity index (χ1n) is 9.00. The van der Waals surface area contributed by atoms with Gasteiger partial charge in [0.1, 0.15) is 5.82 Å². The molecule has 0 spiro atoms. The summed E-state index contributed by atoms with van der Waals surface area (Å²) in [6.07, 6.45) is 0.130. The van der Waals surface area contributed by atoms with E-state index < -0.39 is 20.6 Å². The van der Waals surface area contributed by atoms with Crippen molar-refractivity contribution in [3.8, 4) is 11.1 Å². The number of amides is 1. The Morgan fingerprint density at radius 3 is 2.48 bits per heavy atom. The van der Waals surface area contributed by atoms with Crippen molar-refractivity contribution in [2.45, 2.75) is 24.0 Å². The zero-order valence-corrected chi connectivity index (χ0v) is 17.9. The first-order valence-corrected chi connectivity index (χ1v) is 11.4. The molecule has 154 valence electrons. The van der Waals surface area contributed by atoms with Crippen molar-refractivity contribution in [3.63, 3.8) is 0 Å². The minimum atomic E-state index is -3.50. The first kappa shape index (κ1) is 21.5. The van der Waals surface area contributed by atoms with Crippen LogP contribution in [0.3, 0.4) is 0 Å². The Balaban J connectivity index is 1.68. The lowest BCUT2D eigenvalue weighted by Crippen LogP contribution is -2.35. The predicted molar refractivity (Wildman–Crippen MR) is 115 cm³/mol. The molecule has 6 nitrogen and oxygen atoms in total. The summed E-state index contributed by atoms with van der Waals surface area (Å²) in [6.45, 7) is 1.71. The van der Waals surface area contributed by atoms with Gasteiger partial charge in [0, 0.05) is 12.6 Å². The van der Waals surface area contributed by atoms with Crippen LogP contribution in [0.1, 0.15) is 12.5 Å². The summed E-state index contributed by atoms with van der Waals surface area (Å²) in [6, 6.07) is 13.2. The van der Waals surface area contributed by atoms with Crippen molar-refractivity contribution in [2.24, 2.45) is 4.99 Å². The SMILES string of the molecule is CNS(=O)(=O)C1SC(N(C)C(=O)Cc2ccc(-c3ccccc3F)cc2)=NC1C. The summed E-state index contributed by atoms with van der Waals surface area (Å²) >= 11 is 1.06. The third kappa shape index (κ3) is 4.68. The second-order valence-electron chi connectivity index (χ2n) is 6.69. The van der Waals surface area contributed by atoms with Gasteiger partial charge < -0.3 is 0 Å². The second-order valence-corrected chi connectivity index (χ2v) is 10.1. The van der Waals surface area contributed by atoms with E-state index in [1.165, 1.54) is 18.0 Å². The van der Waals surface area contributed by atoms with Gasteiger partial charge in [0.25, 0.3) is 0 Å². The van der Waals surface area contributed by atoms with Crippen molar-refractivity contribution < 1.29 is 17.6 Å². The van der Waals surface area contributed by atoms with Crippen molar-refractivity contribution >= 4 is 32.9 Å². The average Bonchev–Trinajstić information content (AvgIpc) is 3.11. The van der Waals surface area contributed by atoms with E-state index in [2.05, 4.69) is 9.71 Å². The van der Waals surface area contributed by atoms with Crippen LogP contribution in [0.25, 0.3) is 11.1 Å². The van der Waals surface area contributed by atoms with Crippen molar-refractivity contribution in [2.75, 3.05) is 14.1 Å². The number of amidine groups is 1. The summed E-state index contributed by atoms with van der Waals surface area (Å²) in [5, 5.41) is 0.384. The van der Waals surface area contributed by atoms with E-state index in [4.69, 9.17) is 0 Å². The smallest absolute Gasteiger partial charge is 0.232 e. The highest BCUT2D eigenvalue weighted by molar-refractivity contribution is 8.22. The molecule has 9 heteroatoms. The maximum Gasteiger partial charge on any atom is 0.232 e. The summed E-state index contributed by atoms with van der Waals surface area (Å²) in [5.41, 5.74) is 2.01. The third-order valence-corrected chi connectivity index (χ3v) is 8.51. The number of rotatable bonds is 5. The van der Waals surface area contributed by atoms with Crippen LogP contribution >= 0.6 is 11.8 Å². The second kappa shape index (κ2) is 8.64. The monoisotopic (exact) mass is 435 g/mol. The van der Waals surface area contributed by atoms with Gasteiger partial charge in [-0.25, -0.2) is 17.5 Å². The molecule has 0 radical (unpaired) electrons. The van der Waals surface area contributed by atoms with E-state index in [1.54, 1.807) is 56.4 Å². The lowest BCUT2D eigenvalue weighted by Gasteiger charge is -2.17. The molecule has 2 atom stereocenters. The van der Waals surface area contributed by atoms with E-state index in [-0.39, 0.29) is 18.1 Å². The van der Waals surface area contributed by atoms with Gasteiger partial charge in [0.05, 0.1) is 12.5 Å². The standard InChI is InChI=1S/C20H22FN3O3S2/c1-13-19(29(26,27)22-2)28-20(23-13)24(3)18(25)12-14-8-10-15(11-9-14)16-6-4-5-7-17(16)21/h4-11,13,19,22H,12H2,1-3H3. The van der Waals surface area contributed by atoms with E-state index >= 15 is 0 Å².